The fourth-order valence-electron chi connectivity index (χ4n) is 6.04. The number of phenols is 1. The number of amides is 4. The molecule has 0 unspecified atom stereocenters. The van der Waals surface area contributed by atoms with Gasteiger partial charge in [-0.3, -0.25) is 24.1 Å². The van der Waals surface area contributed by atoms with E-state index in [0.717, 1.165) is 17.0 Å². The molecule has 0 aliphatic carbocycles. The number of carbonyl (C=O) groups is 4. The van der Waals surface area contributed by atoms with E-state index >= 15 is 26.3 Å². The Labute approximate surface area is 259 Å². The third-order valence-corrected chi connectivity index (χ3v) is 8.21. The molecule has 0 saturated heterocycles. The predicted molar refractivity (Wildman–Crippen MR) is 154 cm³/mol. The first-order valence-corrected chi connectivity index (χ1v) is 14.0. The molecule has 242 valence electrons. The Morgan fingerprint density at radius 3 is 1.46 bits per heavy atom. The van der Waals surface area contributed by atoms with Crippen molar-refractivity contribution in [1.29, 1.82) is 0 Å². The van der Waals surface area contributed by atoms with E-state index in [4.69, 9.17) is 0 Å². The number of carbonyl (C=O) groups excluding carboxylic acids is 4. The van der Waals surface area contributed by atoms with Gasteiger partial charge in [0.05, 0.1) is 27.9 Å². The average Bonchev–Trinajstić information content (AvgIpc) is 3.30. The first-order chi connectivity index (χ1) is 20.9. The number of alkyl halides is 6. The highest BCUT2D eigenvalue weighted by atomic mass is 19.4. The van der Waals surface area contributed by atoms with E-state index in [0.29, 0.717) is 34.7 Å². The molecule has 3 aromatic carbocycles. The summed E-state index contributed by atoms with van der Waals surface area (Å²) in [5, 5.41) is 10.3. The molecule has 13 heteroatoms. The van der Waals surface area contributed by atoms with Crippen LogP contribution in [0.15, 0.2) is 54.6 Å². The third-order valence-electron chi connectivity index (χ3n) is 8.21. The molecule has 0 radical (unpaired) electrons. The van der Waals surface area contributed by atoms with Crippen LogP contribution in [-0.4, -0.2) is 51.5 Å². The zero-order valence-corrected chi connectivity index (χ0v) is 25.4. The van der Waals surface area contributed by atoms with Crippen molar-refractivity contribution in [2.45, 2.75) is 70.3 Å². The molecule has 1 N–H and O–H groups in total. The van der Waals surface area contributed by atoms with Crippen LogP contribution in [0.1, 0.15) is 99.7 Å². The number of benzene rings is 3. The van der Waals surface area contributed by atoms with Crippen LogP contribution in [0.2, 0.25) is 0 Å². The number of nitrogens with zero attached hydrogens (tertiary/aromatic N) is 2. The highest BCUT2D eigenvalue weighted by Crippen LogP contribution is 2.57. The van der Waals surface area contributed by atoms with Gasteiger partial charge < -0.3 is 5.11 Å². The lowest BCUT2D eigenvalue weighted by molar-refractivity contribution is -0.288. The van der Waals surface area contributed by atoms with Crippen LogP contribution >= 0.6 is 0 Å². The standard InChI is InChI=1S/C33H28F6N2O5/c1-29(2,3)23-15-18(9-12-24(23)42)40-25(43)19-10-7-16(13-21(19)26(40)44)31(32(34,35)36,33(37,38)39)17-8-11-20-22(14-17)28(46)41(27(20)45)30(4,5)6/h7-15,42H,1-6H3. The number of hydrogen-bond acceptors (Lipinski definition) is 5. The van der Waals surface area contributed by atoms with Crippen LogP contribution in [0.5, 0.6) is 5.75 Å². The van der Waals surface area contributed by atoms with Crippen LogP contribution < -0.4 is 4.90 Å². The molecule has 5 rings (SSSR count). The van der Waals surface area contributed by atoms with Crippen molar-refractivity contribution < 1.29 is 50.6 Å². The van der Waals surface area contributed by atoms with Crippen molar-refractivity contribution in [1.82, 2.24) is 4.90 Å². The number of fused-ring (bicyclic) bond motifs is 2. The number of rotatable bonds is 3. The topological polar surface area (TPSA) is 95.0 Å². The molecule has 0 atom stereocenters. The minimum atomic E-state index is -6.08. The molecular weight excluding hydrogens is 618 g/mol. The highest BCUT2D eigenvalue weighted by Gasteiger charge is 2.73. The summed E-state index contributed by atoms with van der Waals surface area (Å²) < 4.78 is 90.2. The minimum absolute atomic E-state index is 0.0430. The fraction of sp³-hybridized carbons (Fsp3) is 0.333. The molecule has 46 heavy (non-hydrogen) atoms. The molecular formula is C33H28F6N2O5. The number of aromatic hydroxyl groups is 1. The smallest absolute Gasteiger partial charge is 0.411 e. The van der Waals surface area contributed by atoms with Gasteiger partial charge in [-0.1, -0.05) is 32.9 Å². The molecule has 2 aliphatic rings. The Morgan fingerprint density at radius 1 is 0.565 bits per heavy atom. The van der Waals surface area contributed by atoms with Crippen molar-refractivity contribution >= 4 is 29.3 Å². The van der Waals surface area contributed by atoms with E-state index in [1.807, 2.05) is 0 Å². The Balaban J connectivity index is 1.70. The maximum Gasteiger partial charge on any atom is 0.411 e. The maximum absolute atomic E-state index is 15.0. The second-order valence-electron chi connectivity index (χ2n) is 13.3. The number of hydrogen-bond donors (Lipinski definition) is 1. The normalized spacial score (nSPS) is 16.0. The van der Waals surface area contributed by atoms with Crippen LogP contribution in [-0.2, 0) is 10.8 Å². The monoisotopic (exact) mass is 646 g/mol. The lowest BCUT2D eigenvalue weighted by Gasteiger charge is -2.38. The predicted octanol–water partition coefficient (Wildman–Crippen LogP) is 7.30. The zero-order valence-electron chi connectivity index (χ0n) is 25.4. The van der Waals surface area contributed by atoms with Crippen molar-refractivity contribution in [3.63, 3.8) is 0 Å². The Hall–Kier alpha value is -4.68. The van der Waals surface area contributed by atoms with Gasteiger partial charge in [0, 0.05) is 11.1 Å². The number of halogens is 6. The Bertz CT molecular complexity index is 1830. The summed E-state index contributed by atoms with van der Waals surface area (Å²) in [4.78, 5) is 54.2. The zero-order chi connectivity index (χ0) is 34.5. The number of phenolic OH excluding ortho intramolecular Hbond substituents is 1. The first-order valence-electron chi connectivity index (χ1n) is 14.0. The quantitative estimate of drug-likeness (QED) is 0.238. The van der Waals surface area contributed by atoms with Gasteiger partial charge >= 0.3 is 12.4 Å². The minimum Gasteiger partial charge on any atom is -0.508 e. The molecule has 7 nitrogen and oxygen atoms in total. The summed E-state index contributed by atoms with van der Waals surface area (Å²) >= 11 is 0. The molecule has 2 heterocycles. The van der Waals surface area contributed by atoms with Gasteiger partial charge in [-0.25, -0.2) is 4.90 Å². The van der Waals surface area contributed by atoms with Crippen molar-refractivity contribution in [2.75, 3.05) is 4.90 Å². The van der Waals surface area contributed by atoms with Crippen molar-refractivity contribution in [2.24, 2.45) is 0 Å². The molecule has 0 saturated carbocycles. The first kappa shape index (κ1) is 32.7. The summed E-state index contributed by atoms with van der Waals surface area (Å²) in [7, 11) is 0. The second-order valence-corrected chi connectivity index (χ2v) is 13.3. The SMILES string of the molecule is CC(C)(C)c1cc(N2C(=O)c3ccc(C(c4ccc5c(c4)C(=O)N(C(C)(C)C)C5=O)(C(F)(F)F)C(F)(F)F)cc3C2=O)ccc1O. The Morgan fingerprint density at radius 2 is 1.00 bits per heavy atom. The van der Waals surface area contributed by atoms with E-state index in [2.05, 4.69) is 0 Å². The summed E-state index contributed by atoms with van der Waals surface area (Å²) in [6.07, 6.45) is -12.2. The van der Waals surface area contributed by atoms with Crippen molar-refractivity contribution in [3.05, 3.63) is 93.5 Å². The van der Waals surface area contributed by atoms with Crippen LogP contribution in [0, 0.1) is 0 Å². The summed E-state index contributed by atoms with van der Waals surface area (Å²) in [6, 6.07) is 7.06. The molecule has 0 spiro atoms. The van der Waals surface area contributed by atoms with Gasteiger partial charge in [-0.05, 0) is 79.8 Å². The average molecular weight is 647 g/mol. The Kier molecular flexibility index (Phi) is 7.04. The third kappa shape index (κ3) is 4.58. The lowest BCUT2D eigenvalue weighted by Crippen LogP contribution is -2.55. The van der Waals surface area contributed by atoms with Crippen LogP contribution in [0.25, 0.3) is 0 Å². The van der Waals surface area contributed by atoms with Gasteiger partial charge in [-0.15, -0.1) is 0 Å². The fourth-order valence-corrected chi connectivity index (χ4v) is 6.04. The van der Waals surface area contributed by atoms with E-state index in [1.165, 1.54) is 39.0 Å². The van der Waals surface area contributed by atoms with E-state index in [-0.39, 0.29) is 17.0 Å². The van der Waals surface area contributed by atoms with Crippen molar-refractivity contribution in [3.8, 4) is 5.75 Å². The van der Waals surface area contributed by atoms with Gasteiger partial charge in [0.1, 0.15) is 5.75 Å². The molecule has 4 amide bonds. The van der Waals surface area contributed by atoms with Gasteiger partial charge in [0.25, 0.3) is 23.6 Å². The van der Waals surface area contributed by atoms with Gasteiger partial charge in [0.2, 0.25) is 5.41 Å². The summed E-state index contributed by atoms with van der Waals surface area (Å²) in [5.74, 6) is -4.21. The molecule has 0 fully saturated rings. The molecule has 0 bridgehead atoms. The van der Waals surface area contributed by atoms with E-state index in [9.17, 15) is 24.3 Å². The van der Waals surface area contributed by atoms with Crippen LogP contribution in [0.3, 0.4) is 0 Å². The molecule has 2 aliphatic heterocycles. The van der Waals surface area contributed by atoms with Gasteiger partial charge in [-0.2, -0.15) is 26.3 Å². The largest absolute Gasteiger partial charge is 0.508 e. The summed E-state index contributed by atoms with van der Waals surface area (Å²) in [5.41, 5.74) is -11.2. The van der Waals surface area contributed by atoms with E-state index < -0.39 is 80.2 Å². The van der Waals surface area contributed by atoms with Crippen LogP contribution in [0.4, 0.5) is 32.0 Å². The number of anilines is 1. The lowest BCUT2D eigenvalue weighted by atomic mass is 9.71. The summed E-state index contributed by atoms with van der Waals surface area (Å²) in [6.45, 7) is 9.70. The van der Waals surface area contributed by atoms with Gasteiger partial charge in [0.15, 0.2) is 0 Å². The second kappa shape index (κ2) is 9.91. The number of imide groups is 2. The molecule has 0 aromatic heterocycles. The maximum atomic E-state index is 15.0. The highest BCUT2D eigenvalue weighted by molar-refractivity contribution is 6.34. The molecule has 3 aromatic rings. The van der Waals surface area contributed by atoms with E-state index in [1.54, 1.807) is 20.8 Å².